The van der Waals surface area contributed by atoms with Gasteiger partial charge < -0.3 is 15.5 Å². The minimum absolute atomic E-state index is 0.0675. The van der Waals surface area contributed by atoms with Crippen molar-refractivity contribution >= 4 is 17.5 Å². The van der Waals surface area contributed by atoms with Gasteiger partial charge in [-0.2, -0.15) is 0 Å². The Hall–Kier alpha value is -1.92. The molecule has 0 aliphatic carbocycles. The number of hydrogen-bond acceptors (Lipinski definition) is 4. The lowest BCUT2D eigenvalue weighted by molar-refractivity contribution is -0.129. The van der Waals surface area contributed by atoms with E-state index >= 15 is 0 Å². The first-order valence-electron chi connectivity index (χ1n) is 6.22. The summed E-state index contributed by atoms with van der Waals surface area (Å²) in [6, 6.07) is 0.845. The van der Waals surface area contributed by atoms with Gasteiger partial charge in [0.2, 0.25) is 5.91 Å². The van der Waals surface area contributed by atoms with Crippen molar-refractivity contribution in [2.24, 2.45) is 0 Å². The van der Waals surface area contributed by atoms with E-state index < -0.39 is 11.6 Å². The molecule has 2 fully saturated rings. The zero-order chi connectivity index (χ0) is 13.6. The van der Waals surface area contributed by atoms with Crippen molar-refractivity contribution in [3.05, 3.63) is 17.7 Å². The highest BCUT2D eigenvalue weighted by Crippen LogP contribution is 2.27. The third-order valence-electron chi connectivity index (χ3n) is 3.73. The fourth-order valence-corrected chi connectivity index (χ4v) is 2.75. The van der Waals surface area contributed by atoms with Crippen LogP contribution in [0.3, 0.4) is 0 Å². The summed E-state index contributed by atoms with van der Waals surface area (Å²) in [5, 5.41) is 0. The minimum atomic E-state index is -0.851. The number of nitrogens with two attached hydrogens (primary N) is 1. The lowest BCUT2D eigenvalue weighted by atomic mass is 10.1. The number of halogens is 2. The van der Waals surface area contributed by atoms with Crippen molar-refractivity contribution in [2.75, 3.05) is 30.3 Å². The molecule has 0 saturated carbocycles. The molecule has 19 heavy (non-hydrogen) atoms. The van der Waals surface area contributed by atoms with Crippen LogP contribution in [0.25, 0.3) is 0 Å². The number of rotatable bonds is 1. The lowest BCUT2D eigenvalue weighted by Crippen LogP contribution is -2.52. The number of anilines is 2. The van der Waals surface area contributed by atoms with E-state index in [9.17, 15) is 13.6 Å². The molecule has 2 aliphatic rings. The molecule has 7 heteroatoms. The molecule has 3 heterocycles. The van der Waals surface area contributed by atoms with Crippen molar-refractivity contribution in [1.29, 1.82) is 0 Å². The van der Waals surface area contributed by atoms with Crippen LogP contribution in [0.15, 0.2) is 6.07 Å². The van der Waals surface area contributed by atoms with E-state index in [0.29, 0.717) is 26.1 Å². The molecule has 0 aromatic carbocycles. The number of carbonyl (C=O) groups excluding carboxylic acids is 1. The van der Waals surface area contributed by atoms with Crippen LogP contribution in [0.2, 0.25) is 0 Å². The number of pyridine rings is 1. The Bertz CT molecular complexity index is 537. The first kappa shape index (κ1) is 12.1. The third kappa shape index (κ3) is 1.98. The molecule has 1 aromatic heterocycles. The van der Waals surface area contributed by atoms with Crippen LogP contribution in [0.5, 0.6) is 0 Å². The molecule has 2 N–H and O–H groups in total. The summed E-state index contributed by atoms with van der Waals surface area (Å²) in [5.74, 6) is -1.66. The molecule has 3 rings (SSSR count). The highest BCUT2D eigenvalue weighted by Gasteiger charge is 2.36. The van der Waals surface area contributed by atoms with Crippen LogP contribution >= 0.6 is 0 Å². The SMILES string of the molecule is Nc1nc(N2CCN3C(=O)CCC3C2)c(F)cc1F. The summed E-state index contributed by atoms with van der Waals surface area (Å²) in [5.41, 5.74) is 5.38. The number of aromatic nitrogens is 1. The van der Waals surface area contributed by atoms with E-state index in [-0.39, 0.29) is 23.6 Å². The minimum Gasteiger partial charge on any atom is -0.381 e. The van der Waals surface area contributed by atoms with Gasteiger partial charge in [0.05, 0.1) is 0 Å². The van der Waals surface area contributed by atoms with E-state index in [1.54, 1.807) is 4.90 Å². The van der Waals surface area contributed by atoms with Crippen molar-refractivity contribution in [3.8, 4) is 0 Å². The molecule has 2 aliphatic heterocycles. The molecule has 5 nitrogen and oxygen atoms in total. The summed E-state index contributed by atoms with van der Waals surface area (Å²) < 4.78 is 26.8. The van der Waals surface area contributed by atoms with Crippen LogP contribution < -0.4 is 10.6 Å². The zero-order valence-electron chi connectivity index (χ0n) is 10.3. The number of nitrogens with zero attached hydrogens (tertiary/aromatic N) is 3. The van der Waals surface area contributed by atoms with Crippen molar-refractivity contribution < 1.29 is 13.6 Å². The Morgan fingerprint density at radius 2 is 2.11 bits per heavy atom. The monoisotopic (exact) mass is 268 g/mol. The Morgan fingerprint density at radius 3 is 2.89 bits per heavy atom. The van der Waals surface area contributed by atoms with E-state index in [4.69, 9.17) is 5.73 Å². The van der Waals surface area contributed by atoms with Gasteiger partial charge in [0.1, 0.15) is 0 Å². The van der Waals surface area contributed by atoms with Crippen LogP contribution in [-0.2, 0) is 4.79 Å². The number of fused-ring (bicyclic) bond motifs is 1. The van der Waals surface area contributed by atoms with E-state index in [2.05, 4.69) is 4.98 Å². The maximum absolute atomic E-state index is 13.8. The summed E-state index contributed by atoms with van der Waals surface area (Å²) in [6.07, 6.45) is 1.31. The van der Waals surface area contributed by atoms with E-state index in [1.807, 2.05) is 4.90 Å². The van der Waals surface area contributed by atoms with Gasteiger partial charge in [0.25, 0.3) is 0 Å². The molecular weight excluding hydrogens is 254 g/mol. The second kappa shape index (κ2) is 4.32. The second-order valence-corrected chi connectivity index (χ2v) is 4.89. The van der Waals surface area contributed by atoms with Gasteiger partial charge in [-0.15, -0.1) is 0 Å². The summed E-state index contributed by atoms with van der Waals surface area (Å²) >= 11 is 0. The van der Waals surface area contributed by atoms with Crippen molar-refractivity contribution in [2.45, 2.75) is 18.9 Å². The van der Waals surface area contributed by atoms with E-state index in [1.165, 1.54) is 0 Å². The number of hydrogen-bond donors (Lipinski definition) is 1. The standard InChI is InChI=1S/C12H14F2N4O/c13-8-5-9(14)12(16-11(8)15)17-3-4-18-7(6-17)1-2-10(18)19/h5,7H,1-4,6H2,(H2,15,16). The highest BCUT2D eigenvalue weighted by molar-refractivity contribution is 5.79. The smallest absolute Gasteiger partial charge is 0.223 e. The maximum atomic E-state index is 13.8. The fourth-order valence-electron chi connectivity index (χ4n) is 2.75. The Balaban J connectivity index is 1.84. The zero-order valence-corrected chi connectivity index (χ0v) is 10.3. The maximum Gasteiger partial charge on any atom is 0.223 e. The largest absolute Gasteiger partial charge is 0.381 e. The second-order valence-electron chi connectivity index (χ2n) is 4.89. The van der Waals surface area contributed by atoms with Gasteiger partial charge in [0.15, 0.2) is 23.3 Å². The van der Waals surface area contributed by atoms with Gasteiger partial charge in [-0.1, -0.05) is 0 Å². The van der Waals surface area contributed by atoms with Gasteiger partial charge in [-0.05, 0) is 6.42 Å². The van der Waals surface area contributed by atoms with Crippen LogP contribution in [0.1, 0.15) is 12.8 Å². The highest BCUT2D eigenvalue weighted by atomic mass is 19.1. The first-order valence-corrected chi connectivity index (χ1v) is 6.22. The molecule has 1 atom stereocenters. The Morgan fingerprint density at radius 1 is 1.32 bits per heavy atom. The molecule has 0 bridgehead atoms. The molecular formula is C12H14F2N4O. The number of nitrogen functional groups attached to an aromatic ring is 1. The molecule has 1 unspecified atom stereocenters. The molecule has 2 saturated heterocycles. The lowest BCUT2D eigenvalue weighted by Gasteiger charge is -2.38. The number of piperazine rings is 1. The molecule has 0 radical (unpaired) electrons. The number of carbonyl (C=O) groups is 1. The van der Waals surface area contributed by atoms with Crippen LogP contribution in [0, 0.1) is 11.6 Å². The summed E-state index contributed by atoms with van der Waals surface area (Å²) in [4.78, 5) is 18.9. The number of amides is 1. The average Bonchev–Trinajstić information content (AvgIpc) is 2.75. The summed E-state index contributed by atoms with van der Waals surface area (Å²) in [6.45, 7) is 1.54. The third-order valence-corrected chi connectivity index (χ3v) is 3.73. The predicted octanol–water partition coefficient (Wildman–Crippen LogP) is 0.753. The molecule has 102 valence electrons. The summed E-state index contributed by atoms with van der Waals surface area (Å²) in [7, 11) is 0. The predicted molar refractivity (Wildman–Crippen MR) is 65.5 cm³/mol. The van der Waals surface area contributed by atoms with Gasteiger partial charge in [-0.3, -0.25) is 4.79 Å². The molecule has 0 spiro atoms. The quantitative estimate of drug-likeness (QED) is 0.816. The Labute approximate surface area is 109 Å². The van der Waals surface area contributed by atoms with Gasteiger partial charge >= 0.3 is 0 Å². The van der Waals surface area contributed by atoms with Crippen LogP contribution in [0.4, 0.5) is 20.4 Å². The van der Waals surface area contributed by atoms with E-state index in [0.717, 1.165) is 12.5 Å². The normalized spacial score (nSPS) is 22.8. The van der Waals surface area contributed by atoms with Gasteiger partial charge in [0, 0.05) is 38.2 Å². The Kier molecular flexibility index (Phi) is 2.76. The molecule has 1 amide bonds. The van der Waals surface area contributed by atoms with Crippen molar-refractivity contribution in [1.82, 2.24) is 9.88 Å². The van der Waals surface area contributed by atoms with Crippen molar-refractivity contribution in [3.63, 3.8) is 0 Å². The average molecular weight is 268 g/mol. The van der Waals surface area contributed by atoms with Crippen LogP contribution in [-0.4, -0.2) is 41.5 Å². The topological polar surface area (TPSA) is 62.5 Å². The van der Waals surface area contributed by atoms with Gasteiger partial charge in [-0.25, -0.2) is 13.8 Å². The molecule has 1 aromatic rings. The fraction of sp³-hybridized carbons (Fsp3) is 0.500. The first-order chi connectivity index (χ1) is 9.06.